The molecule has 0 saturated heterocycles. The van der Waals surface area contributed by atoms with Crippen molar-refractivity contribution in [3.8, 4) is 5.69 Å². The first kappa shape index (κ1) is 19.6. The Hall–Kier alpha value is -3.13. The second-order valence-corrected chi connectivity index (χ2v) is 7.12. The third-order valence-corrected chi connectivity index (χ3v) is 4.94. The number of aryl methyl sites for hydroxylation is 2. The lowest BCUT2D eigenvalue weighted by Gasteiger charge is -2.09. The predicted molar refractivity (Wildman–Crippen MR) is 106 cm³/mol. The zero-order chi connectivity index (χ0) is 20.1. The number of rotatable bonds is 5. The maximum absolute atomic E-state index is 13.5. The number of benzene rings is 2. The van der Waals surface area contributed by atoms with Crippen LogP contribution < -0.4 is 10.9 Å². The molecule has 0 aliphatic heterocycles. The molecule has 1 aromatic heterocycles. The minimum atomic E-state index is -0.441. The van der Waals surface area contributed by atoms with Gasteiger partial charge in [0.1, 0.15) is 5.82 Å². The van der Waals surface area contributed by atoms with Crippen molar-refractivity contribution in [1.29, 1.82) is 0 Å². The van der Waals surface area contributed by atoms with Crippen molar-refractivity contribution in [2.45, 2.75) is 18.7 Å². The summed E-state index contributed by atoms with van der Waals surface area (Å²) in [7, 11) is 0. The summed E-state index contributed by atoms with van der Waals surface area (Å²) in [5, 5.41) is 4.40. The first-order valence-corrected chi connectivity index (χ1v) is 9.53. The standard InChI is InChI=1S/C20H19FN4O2S/c1-13-11-14(2)25(24-13)16-9-7-15(8-10-16)20(27)23-22-19(26)12-28-18-6-4-3-5-17(18)21/h3-11H,12H2,1-2H3,(H,22,26)(H,23,27). The van der Waals surface area contributed by atoms with Crippen molar-refractivity contribution in [3.63, 3.8) is 0 Å². The van der Waals surface area contributed by atoms with Crippen LogP contribution in [-0.4, -0.2) is 27.3 Å². The van der Waals surface area contributed by atoms with Crippen LogP contribution in [0.15, 0.2) is 59.5 Å². The first-order chi connectivity index (χ1) is 13.4. The molecule has 0 saturated carbocycles. The fourth-order valence-corrected chi connectivity index (χ4v) is 3.32. The van der Waals surface area contributed by atoms with E-state index in [-0.39, 0.29) is 11.6 Å². The van der Waals surface area contributed by atoms with Crippen molar-refractivity contribution in [2.75, 3.05) is 5.75 Å². The number of carbonyl (C=O) groups excluding carboxylic acids is 2. The molecule has 144 valence electrons. The fourth-order valence-electron chi connectivity index (χ4n) is 2.58. The molecule has 6 nitrogen and oxygen atoms in total. The third-order valence-electron chi connectivity index (χ3n) is 3.89. The van der Waals surface area contributed by atoms with Gasteiger partial charge >= 0.3 is 0 Å². The average molecular weight is 398 g/mol. The Balaban J connectivity index is 1.52. The Kier molecular flexibility index (Phi) is 6.10. The highest BCUT2D eigenvalue weighted by molar-refractivity contribution is 8.00. The van der Waals surface area contributed by atoms with Gasteiger partial charge < -0.3 is 0 Å². The van der Waals surface area contributed by atoms with Crippen LogP contribution in [-0.2, 0) is 4.79 Å². The predicted octanol–water partition coefficient (Wildman–Crippen LogP) is 3.18. The molecule has 0 aliphatic carbocycles. The highest BCUT2D eigenvalue weighted by Crippen LogP contribution is 2.20. The van der Waals surface area contributed by atoms with Crippen LogP contribution in [0.4, 0.5) is 4.39 Å². The molecular weight excluding hydrogens is 379 g/mol. The smallest absolute Gasteiger partial charge is 0.269 e. The number of hydrazine groups is 1. The summed E-state index contributed by atoms with van der Waals surface area (Å²) in [6.45, 7) is 3.87. The van der Waals surface area contributed by atoms with Gasteiger partial charge in [-0.25, -0.2) is 9.07 Å². The van der Waals surface area contributed by atoms with Gasteiger partial charge in [0.25, 0.3) is 5.91 Å². The maximum atomic E-state index is 13.5. The third kappa shape index (κ3) is 4.77. The van der Waals surface area contributed by atoms with E-state index in [9.17, 15) is 14.0 Å². The number of carbonyl (C=O) groups is 2. The minimum absolute atomic E-state index is 0.0158. The molecule has 2 N–H and O–H groups in total. The van der Waals surface area contributed by atoms with Crippen molar-refractivity contribution in [3.05, 3.63) is 77.4 Å². The summed E-state index contributed by atoms with van der Waals surface area (Å²) in [5.41, 5.74) is 7.83. The number of nitrogens with one attached hydrogen (secondary N) is 2. The van der Waals surface area contributed by atoms with E-state index in [4.69, 9.17) is 0 Å². The molecule has 8 heteroatoms. The largest absolute Gasteiger partial charge is 0.272 e. The number of halogens is 1. The highest BCUT2D eigenvalue weighted by atomic mass is 32.2. The van der Waals surface area contributed by atoms with E-state index in [0.717, 1.165) is 28.8 Å². The van der Waals surface area contributed by atoms with Gasteiger partial charge in [0.05, 0.1) is 17.1 Å². The Morgan fingerprint density at radius 3 is 2.43 bits per heavy atom. The molecule has 0 radical (unpaired) electrons. The lowest BCUT2D eigenvalue weighted by Crippen LogP contribution is -2.42. The maximum Gasteiger partial charge on any atom is 0.269 e. The van der Waals surface area contributed by atoms with Gasteiger partial charge in [0, 0.05) is 16.2 Å². The monoisotopic (exact) mass is 398 g/mol. The number of thioether (sulfide) groups is 1. The molecular formula is C20H19FN4O2S. The highest BCUT2D eigenvalue weighted by Gasteiger charge is 2.10. The lowest BCUT2D eigenvalue weighted by atomic mass is 10.2. The van der Waals surface area contributed by atoms with Gasteiger partial charge in [0.2, 0.25) is 5.91 Å². The van der Waals surface area contributed by atoms with Crippen LogP contribution >= 0.6 is 11.8 Å². The van der Waals surface area contributed by atoms with Gasteiger partial charge in [-0.05, 0) is 56.3 Å². The van der Waals surface area contributed by atoms with Crippen LogP contribution in [0.3, 0.4) is 0 Å². The number of hydrogen-bond donors (Lipinski definition) is 2. The molecule has 0 spiro atoms. The molecule has 2 aromatic carbocycles. The molecule has 0 aliphatic rings. The molecule has 2 amide bonds. The van der Waals surface area contributed by atoms with Crippen molar-refractivity contribution >= 4 is 23.6 Å². The van der Waals surface area contributed by atoms with E-state index < -0.39 is 11.8 Å². The quantitative estimate of drug-likeness (QED) is 0.511. The van der Waals surface area contributed by atoms with E-state index in [1.165, 1.54) is 6.07 Å². The Labute approximate surface area is 166 Å². The summed E-state index contributed by atoms with van der Waals surface area (Å²) < 4.78 is 15.3. The first-order valence-electron chi connectivity index (χ1n) is 8.54. The normalized spacial score (nSPS) is 10.5. The van der Waals surface area contributed by atoms with Crippen molar-refractivity contribution in [2.24, 2.45) is 0 Å². The Morgan fingerprint density at radius 1 is 1.07 bits per heavy atom. The summed E-state index contributed by atoms with van der Waals surface area (Å²) in [5.74, 6) is -1.27. The van der Waals surface area contributed by atoms with Gasteiger partial charge in [0.15, 0.2) is 0 Å². The Morgan fingerprint density at radius 2 is 1.79 bits per heavy atom. The second kappa shape index (κ2) is 8.71. The molecule has 1 heterocycles. The minimum Gasteiger partial charge on any atom is -0.272 e. The molecule has 3 rings (SSSR count). The molecule has 0 fully saturated rings. The fraction of sp³-hybridized carbons (Fsp3) is 0.150. The number of aromatic nitrogens is 2. The Bertz CT molecular complexity index is 1000. The van der Waals surface area contributed by atoms with E-state index >= 15 is 0 Å². The zero-order valence-electron chi connectivity index (χ0n) is 15.4. The van der Waals surface area contributed by atoms with Crippen LogP contribution in [0, 0.1) is 19.7 Å². The summed E-state index contributed by atoms with van der Waals surface area (Å²) in [6, 6.07) is 15.0. The molecule has 0 bridgehead atoms. The summed E-state index contributed by atoms with van der Waals surface area (Å²) in [4.78, 5) is 24.4. The van der Waals surface area contributed by atoms with Crippen LogP contribution in [0.1, 0.15) is 21.7 Å². The van der Waals surface area contributed by atoms with Gasteiger partial charge in [-0.3, -0.25) is 20.4 Å². The van der Waals surface area contributed by atoms with Crippen LogP contribution in [0.2, 0.25) is 0 Å². The van der Waals surface area contributed by atoms with Crippen molar-refractivity contribution < 1.29 is 14.0 Å². The summed E-state index contributed by atoms with van der Waals surface area (Å²) >= 11 is 1.06. The SMILES string of the molecule is Cc1cc(C)n(-c2ccc(C(=O)NNC(=O)CSc3ccccc3F)cc2)n1. The van der Waals surface area contributed by atoms with Gasteiger partial charge in [-0.2, -0.15) is 5.10 Å². The van der Waals surface area contributed by atoms with E-state index in [2.05, 4.69) is 16.0 Å². The van der Waals surface area contributed by atoms with Gasteiger partial charge in [-0.1, -0.05) is 12.1 Å². The number of amides is 2. The zero-order valence-corrected chi connectivity index (χ0v) is 16.2. The van der Waals surface area contributed by atoms with E-state index in [0.29, 0.717) is 10.5 Å². The molecule has 0 unspecified atom stereocenters. The molecule has 3 aromatic rings. The van der Waals surface area contributed by atoms with E-state index in [1.54, 1.807) is 47.1 Å². The van der Waals surface area contributed by atoms with E-state index in [1.807, 2.05) is 19.9 Å². The van der Waals surface area contributed by atoms with Crippen molar-refractivity contribution in [1.82, 2.24) is 20.6 Å². The van der Waals surface area contributed by atoms with Gasteiger partial charge in [-0.15, -0.1) is 11.8 Å². The number of hydrogen-bond acceptors (Lipinski definition) is 4. The van der Waals surface area contributed by atoms with Crippen LogP contribution in [0.25, 0.3) is 5.69 Å². The number of nitrogens with zero attached hydrogens (tertiary/aromatic N) is 2. The molecule has 28 heavy (non-hydrogen) atoms. The summed E-state index contributed by atoms with van der Waals surface area (Å²) in [6.07, 6.45) is 0. The molecule has 0 atom stereocenters. The average Bonchev–Trinajstić information content (AvgIpc) is 3.03. The lowest BCUT2D eigenvalue weighted by molar-refractivity contribution is -0.119. The topological polar surface area (TPSA) is 76.0 Å². The second-order valence-electron chi connectivity index (χ2n) is 6.11. The van der Waals surface area contributed by atoms with Crippen LogP contribution in [0.5, 0.6) is 0 Å².